The Bertz CT molecular complexity index is 218. The Morgan fingerprint density at radius 2 is 0.833 bits per heavy atom. The molecule has 0 spiro atoms. The fourth-order valence-corrected chi connectivity index (χ4v) is 3.58. The van der Waals surface area contributed by atoms with Crippen LogP contribution in [0.5, 0.6) is 0 Å². The molecule has 0 saturated heterocycles. The van der Waals surface area contributed by atoms with Crippen LogP contribution in [0.15, 0.2) is 0 Å². The highest BCUT2D eigenvalue weighted by Crippen LogP contribution is 2.19. The predicted octanol–water partition coefficient (Wildman–Crippen LogP) is 9.13. The lowest BCUT2D eigenvalue weighted by molar-refractivity contribution is 0.456. The molecule has 1 radical (unpaired) electrons. The summed E-state index contributed by atoms with van der Waals surface area (Å²) in [6.07, 6.45) is 25.7. The Morgan fingerprint density at radius 1 is 0.500 bits per heavy atom. The van der Waals surface area contributed by atoms with Gasteiger partial charge >= 0.3 is 0 Å². The highest BCUT2D eigenvalue weighted by atomic mass is 14.1. The van der Waals surface area contributed by atoms with Gasteiger partial charge in [-0.25, -0.2) is 0 Å². The van der Waals surface area contributed by atoms with Crippen molar-refractivity contribution in [3.8, 4) is 0 Å². The molecular weight excluding hydrogens is 288 g/mol. The second kappa shape index (κ2) is 19.3. The molecule has 1 unspecified atom stereocenters. The number of unbranched alkanes of at least 4 members (excludes halogenated alkanes) is 13. The van der Waals surface area contributed by atoms with Crippen molar-refractivity contribution in [1.82, 2.24) is 0 Å². The Labute approximate surface area is 155 Å². The van der Waals surface area contributed by atoms with Gasteiger partial charge in [-0.2, -0.15) is 0 Å². The quantitative estimate of drug-likeness (QED) is 0.206. The Balaban J connectivity index is 3.14. The fraction of sp³-hybridized carbons (Fsp3) is 0.958. The summed E-state index contributed by atoms with van der Waals surface area (Å²) in [7, 11) is 0. The van der Waals surface area contributed by atoms with Gasteiger partial charge in [0.15, 0.2) is 0 Å². The Morgan fingerprint density at radius 3 is 1.21 bits per heavy atom. The molecule has 0 aromatic carbocycles. The molecule has 0 amide bonds. The minimum atomic E-state index is 0.717. The van der Waals surface area contributed by atoms with E-state index >= 15 is 0 Å². The number of rotatable bonds is 19. The average Bonchev–Trinajstić information content (AvgIpc) is 2.55. The van der Waals surface area contributed by atoms with Crippen LogP contribution < -0.4 is 0 Å². The van der Waals surface area contributed by atoms with Gasteiger partial charge in [-0.1, -0.05) is 143 Å². The molecule has 0 saturated carbocycles. The minimum Gasteiger partial charge on any atom is -0.0654 e. The standard InChI is InChI=1S/C24H49/c1-5-6-7-8-9-10-11-12-15-18-21-24(4)22-19-16-13-14-17-20-23(2)3/h23-24H,4-22H2,1-3H3. The van der Waals surface area contributed by atoms with Crippen LogP contribution in [-0.2, 0) is 0 Å². The van der Waals surface area contributed by atoms with Crippen LogP contribution in [0.4, 0.5) is 0 Å². The SMILES string of the molecule is [CH2]C(CCCCCCCCCCCC)CCCCCCCC(C)C. The van der Waals surface area contributed by atoms with Crippen LogP contribution in [0.25, 0.3) is 0 Å². The predicted molar refractivity (Wildman–Crippen MR) is 112 cm³/mol. The first-order chi connectivity index (χ1) is 11.7. The van der Waals surface area contributed by atoms with Gasteiger partial charge in [0.2, 0.25) is 0 Å². The summed E-state index contributed by atoms with van der Waals surface area (Å²) < 4.78 is 0. The zero-order chi connectivity index (χ0) is 17.9. The Kier molecular flexibility index (Phi) is 19.3. The van der Waals surface area contributed by atoms with Crippen LogP contribution in [0.2, 0.25) is 0 Å². The first-order valence-electron chi connectivity index (χ1n) is 11.5. The van der Waals surface area contributed by atoms with Crippen molar-refractivity contribution in [2.45, 2.75) is 136 Å². The van der Waals surface area contributed by atoms with Gasteiger partial charge < -0.3 is 0 Å². The third-order valence-electron chi connectivity index (χ3n) is 5.36. The van der Waals surface area contributed by atoms with Gasteiger partial charge in [-0.05, 0) is 11.8 Å². The molecule has 0 bridgehead atoms. The maximum atomic E-state index is 4.37. The van der Waals surface area contributed by atoms with Gasteiger partial charge in [0.1, 0.15) is 0 Å². The van der Waals surface area contributed by atoms with Crippen LogP contribution >= 0.6 is 0 Å². The van der Waals surface area contributed by atoms with E-state index in [0.717, 1.165) is 11.8 Å². The molecule has 0 aliphatic rings. The molecule has 0 heterocycles. The number of hydrogen-bond acceptors (Lipinski definition) is 0. The topological polar surface area (TPSA) is 0 Å². The van der Waals surface area contributed by atoms with Crippen molar-refractivity contribution in [3.63, 3.8) is 0 Å². The molecule has 24 heavy (non-hydrogen) atoms. The molecule has 0 aromatic rings. The van der Waals surface area contributed by atoms with Gasteiger partial charge in [-0.3, -0.25) is 0 Å². The van der Waals surface area contributed by atoms with Crippen molar-refractivity contribution in [3.05, 3.63) is 6.92 Å². The first kappa shape index (κ1) is 24.0. The lowest BCUT2D eigenvalue weighted by atomic mass is 9.95. The third-order valence-corrected chi connectivity index (χ3v) is 5.36. The van der Waals surface area contributed by atoms with E-state index in [9.17, 15) is 0 Å². The van der Waals surface area contributed by atoms with E-state index in [1.54, 1.807) is 0 Å². The maximum absolute atomic E-state index is 4.37. The van der Waals surface area contributed by atoms with E-state index in [2.05, 4.69) is 27.7 Å². The molecule has 0 aromatic heterocycles. The highest BCUT2D eigenvalue weighted by molar-refractivity contribution is 4.62. The fourth-order valence-electron chi connectivity index (χ4n) is 3.58. The van der Waals surface area contributed by atoms with Crippen molar-refractivity contribution < 1.29 is 0 Å². The molecular formula is C24H49. The summed E-state index contributed by atoms with van der Waals surface area (Å²) in [6.45, 7) is 11.3. The number of hydrogen-bond donors (Lipinski definition) is 0. The molecule has 0 heteroatoms. The summed E-state index contributed by atoms with van der Waals surface area (Å²) >= 11 is 0. The molecule has 0 N–H and O–H groups in total. The third kappa shape index (κ3) is 20.0. The summed E-state index contributed by atoms with van der Waals surface area (Å²) in [5.41, 5.74) is 0. The van der Waals surface area contributed by atoms with E-state index in [1.165, 1.54) is 116 Å². The molecule has 0 rings (SSSR count). The summed E-state index contributed by atoms with van der Waals surface area (Å²) in [5.74, 6) is 1.60. The second-order valence-corrected chi connectivity index (χ2v) is 8.58. The van der Waals surface area contributed by atoms with Crippen LogP contribution in [0, 0.1) is 18.8 Å². The zero-order valence-electron chi connectivity index (χ0n) is 17.6. The van der Waals surface area contributed by atoms with E-state index in [1.807, 2.05) is 0 Å². The van der Waals surface area contributed by atoms with Gasteiger partial charge in [0.25, 0.3) is 0 Å². The molecule has 0 aliphatic heterocycles. The summed E-state index contributed by atoms with van der Waals surface area (Å²) in [4.78, 5) is 0. The molecule has 0 aliphatic carbocycles. The van der Waals surface area contributed by atoms with Gasteiger partial charge in [-0.15, -0.1) is 0 Å². The lowest BCUT2D eigenvalue weighted by Crippen LogP contribution is -1.95. The van der Waals surface area contributed by atoms with E-state index in [4.69, 9.17) is 0 Å². The van der Waals surface area contributed by atoms with Crippen molar-refractivity contribution in [2.24, 2.45) is 11.8 Å². The smallest absolute Gasteiger partial charge is 0.0414 e. The second-order valence-electron chi connectivity index (χ2n) is 8.58. The maximum Gasteiger partial charge on any atom is -0.0414 e. The van der Waals surface area contributed by atoms with E-state index < -0.39 is 0 Å². The first-order valence-corrected chi connectivity index (χ1v) is 11.5. The minimum absolute atomic E-state index is 0.717. The highest BCUT2D eigenvalue weighted by Gasteiger charge is 2.02. The summed E-state index contributed by atoms with van der Waals surface area (Å²) in [5, 5.41) is 0. The van der Waals surface area contributed by atoms with Crippen molar-refractivity contribution >= 4 is 0 Å². The van der Waals surface area contributed by atoms with E-state index in [0.29, 0.717) is 0 Å². The largest absolute Gasteiger partial charge is 0.0654 e. The van der Waals surface area contributed by atoms with Gasteiger partial charge in [0, 0.05) is 0 Å². The summed E-state index contributed by atoms with van der Waals surface area (Å²) in [6, 6.07) is 0. The molecule has 145 valence electrons. The Hall–Kier alpha value is 0. The average molecular weight is 338 g/mol. The molecule has 0 nitrogen and oxygen atoms in total. The van der Waals surface area contributed by atoms with Crippen LogP contribution in [0.3, 0.4) is 0 Å². The van der Waals surface area contributed by atoms with Gasteiger partial charge in [0.05, 0.1) is 0 Å². The van der Waals surface area contributed by atoms with Crippen molar-refractivity contribution in [1.29, 1.82) is 0 Å². The monoisotopic (exact) mass is 337 g/mol. The lowest BCUT2D eigenvalue weighted by Gasteiger charge is -2.11. The van der Waals surface area contributed by atoms with E-state index in [-0.39, 0.29) is 0 Å². The normalized spacial score (nSPS) is 12.9. The zero-order valence-corrected chi connectivity index (χ0v) is 17.6. The van der Waals surface area contributed by atoms with Crippen LogP contribution in [0.1, 0.15) is 136 Å². The molecule has 0 fully saturated rings. The van der Waals surface area contributed by atoms with Crippen molar-refractivity contribution in [2.75, 3.05) is 0 Å². The van der Waals surface area contributed by atoms with Crippen LogP contribution in [-0.4, -0.2) is 0 Å². The molecule has 1 atom stereocenters.